The summed E-state index contributed by atoms with van der Waals surface area (Å²) in [6.45, 7) is 8.00. The summed E-state index contributed by atoms with van der Waals surface area (Å²) in [7, 11) is 0. The van der Waals surface area contributed by atoms with Crippen molar-refractivity contribution >= 4 is 17.7 Å². The van der Waals surface area contributed by atoms with Crippen LogP contribution >= 0.6 is 0 Å². The zero-order valence-corrected chi connectivity index (χ0v) is 15.7. The van der Waals surface area contributed by atoms with Crippen molar-refractivity contribution in [2.75, 3.05) is 0 Å². The Kier molecular flexibility index (Phi) is 5.73. The van der Waals surface area contributed by atoms with E-state index in [0.29, 0.717) is 12.0 Å². The van der Waals surface area contributed by atoms with Gasteiger partial charge < -0.3 is 19.7 Å². The third-order valence-corrected chi connectivity index (χ3v) is 5.81. The van der Waals surface area contributed by atoms with Crippen LogP contribution in [0.2, 0.25) is 0 Å². The van der Waals surface area contributed by atoms with Crippen LogP contribution < -0.4 is 0 Å². The molecule has 0 saturated heterocycles. The maximum atomic E-state index is 12.8. The van der Waals surface area contributed by atoms with E-state index in [4.69, 9.17) is 9.47 Å². The van der Waals surface area contributed by atoms with E-state index in [9.17, 15) is 24.6 Å². The van der Waals surface area contributed by atoms with Crippen LogP contribution in [-0.4, -0.2) is 46.4 Å². The molecule has 1 fully saturated rings. The molecule has 144 valence electrons. The number of Topliss-reactive ketones (excluding diaryl/α,β-unsaturated/α-hetero) is 1. The van der Waals surface area contributed by atoms with Gasteiger partial charge >= 0.3 is 11.9 Å². The third-order valence-electron chi connectivity index (χ3n) is 5.81. The normalized spacial score (nSPS) is 34.0. The maximum Gasteiger partial charge on any atom is 0.340 e. The fraction of sp³-hybridized carbons (Fsp3) is 0.632. The van der Waals surface area contributed by atoms with E-state index < -0.39 is 41.8 Å². The van der Waals surface area contributed by atoms with Crippen molar-refractivity contribution in [1.82, 2.24) is 0 Å². The number of aliphatic hydroxyl groups is 2. The third kappa shape index (κ3) is 3.21. The van der Waals surface area contributed by atoms with Crippen molar-refractivity contribution < 1.29 is 34.1 Å². The van der Waals surface area contributed by atoms with Gasteiger partial charge in [-0.15, -0.1) is 0 Å². The molecule has 1 saturated carbocycles. The van der Waals surface area contributed by atoms with Gasteiger partial charge in [0.05, 0.1) is 17.1 Å². The average molecular weight is 366 g/mol. The molecular formula is C19H26O7. The van der Waals surface area contributed by atoms with Crippen molar-refractivity contribution in [3.05, 3.63) is 22.8 Å². The molecule has 0 spiro atoms. The van der Waals surface area contributed by atoms with E-state index in [2.05, 4.69) is 0 Å². The molecule has 7 nitrogen and oxygen atoms in total. The predicted octanol–water partition coefficient (Wildman–Crippen LogP) is 1.42. The lowest BCUT2D eigenvalue weighted by molar-refractivity contribution is -0.166. The first-order valence-corrected chi connectivity index (χ1v) is 8.70. The Morgan fingerprint density at radius 1 is 1.38 bits per heavy atom. The van der Waals surface area contributed by atoms with Crippen LogP contribution in [0, 0.1) is 11.3 Å². The summed E-state index contributed by atoms with van der Waals surface area (Å²) in [6.07, 6.45) is -1.48. The van der Waals surface area contributed by atoms with Crippen molar-refractivity contribution in [2.45, 2.75) is 66.0 Å². The number of ether oxygens (including phenoxy) is 2. The van der Waals surface area contributed by atoms with E-state index in [-0.39, 0.29) is 23.4 Å². The molecule has 5 atom stereocenters. The van der Waals surface area contributed by atoms with Crippen LogP contribution in [0.3, 0.4) is 0 Å². The van der Waals surface area contributed by atoms with Crippen molar-refractivity contribution in [3.8, 4) is 0 Å². The minimum absolute atomic E-state index is 0.0356. The zero-order valence-electron chi connectivity index (χ0n) is 15.7. The largest absolute Gasteiger partial charge is 0.453 e. The Bertz CT molecular complexity index is 690. The Balaban J connectivity index is 2.59. The first-order chi connectivity index (χ1) is 12.0. The lowest BCUT2D eigenvalue weighted by Crippen LogP contribution is -2.55. The molecule has 0 aromatic rings. The highest BCUT2D eigenvalue weighted by Gasteiger charge is 2.56. The molecule has 0 unspecified atom stereocenters. The predicted molar refractivity (Wildman–Crippen MR) is 91.6 cm³/mol. The van der Waals surface area contributed by atoms with Crippen LogP contribution in [0.1, 0.15) is 47.5 Å². The summed E-state index contributed by atoms with van der Waals surface area (Å²) in [4.78, 5) is 37.6. The minimum atomic E-state index is -1.44. The number of rotatable bonds is 4. The molecule has 2 aliphatic rings. The topological polar surface area (TPSA) is 110 Å². The molecule has 26 heavy (non-hydrogen) atoms. The van der Waals surface area contributed by atoms with E-state index in [0.717, 1.165) is 0 Å². The highest BCUT2D eigenvalue weighted by molar-refractivity contribution is 5.97. The van der Waals surface area contributed by atoms with E-state index in [1.807, 2.05) is 0 Å². The Morgan fingerprint density at radius 2 is 2.00 bits per heavy atom. The number of allylic oxidation sites excluding steroid dienone is 1. The molecule has 0 radical (unpaired) electrons. The van der Waals surface area contributed by atoms with Crippen LogP contribution in [0.25, 0.3) is 0 Å². The van der Waals surface area contributed by atoms with Gasteiger partial charge in [0.2, 0.25) is 6.29 Å². The molecule has 0 aromatic carbocycles. The Hall–Kier alpha value is -1.99. The second-order valence-corrected chi connectivity index (χ2v) is 7.21. The number of esters is 2. The highest BCUT2D eigenvalue weighted by Crippen LogP contribution is 2.46. The standard InChI is InChI=1S/C19H26O7/c1-6-9(2)16(22)25-15(14-10(3)17(23)26-18(14)24)19(5)11(4)12(20)7-8-13(19)21/h6,11-12,15,17,20,23H,7-8H2,1-5H3/b9-6-/t11-,12-,15+,17-,19+/m0/s1. The number of aliphatic hydroxyl groups excluding tert-OH is 2. The summed E-state index contributed by atoms with van der Waals surface area (Å²) in [6, 6.07) is 0. The van der Waals surface area contributed by atoms with E-state index in [1.54, 1.807) is 33.8 Å². The number of carbonyl (C=O) groups is 3. The van der Waals surface area contributed by atoms with Crippen molar-refractivity contribution in [3.63, 3.8) is 0 Å². The van der Waals surface area contributed by atoms with Crippen molar-refractivity contribution in [2.24, 2.45) is 11.3 Å². The summed E-state index contributed by atoms with van der Waals surface area (Å²) < 4.78 is 10.4. The number of cyclic esters (lactones) is 1. The monoisotopic (exact) mass is 366 g/mol. The summed E-state index contributed by atoms with van der Waals surface area (Å²) >= 11 is 0. The SMILES string of the molecule is C/C=C(/C)C(=O)O[C@H](C1=C(C)[C@@H](O)OC1=O)[C@@]1(C)C(=O)CC[C@H](O)[C@@H]1C. The van der Waals surface area contributed by atoms with Gasteiger partial charge in [0, 0.05) is 17.6 Å². The Morgan fingerprint density at radius 3 is 2.50 bits per heavy atom. The van der Waals surface area contributed by atoms with Gasteiger partial charge in [0.15, 0.2) is 0 Å². The highest BCUT2D eigenvalue weighted by atomic mass is 16.6. The van der Waals surface area contributed by atoms with Crippen molar-refractivity contribution in [1.29, 1.82) is 0 Å². The second kappa shape index (κ2) is 7.32. The van der Waals surface area contributed by atoms with Crippen LogP contribution in [-0.2, 0) is 23.9 Å². The second-order valence-electron chi connectivity index (χ2n) is 7.21. The van der Waals surface area contributed by atoms with Gasteiger partial charge in [-0.1, -0.05) is 13.0 Å². The molecule has 7 heteroatoms. The molecule has 2 N–H and O–H groups in total. The van der Waals surface area contributed by atoms with Crippen LogP contribution in [0.5, 0.6) is 0 Å². The minimum Gasteiger partial charge on any atom is -0.453 e. The first-order valence-electron chi connectivity index (χ1n) is 8.70. The van der Waals surface area contributed by atoms with Gasteiger partial charge in [-0.2, -0.15) is 0 Å². The first kappa shape index (κ1) is 20.3. The molecule has 1 aliphatic heterocycles. The molecule has 2 rings (SSSR count). The summed E-state index contributed by atoms with van der Waals surface area (Å²) in [5.74, 6) is -2.26. The van der Waals surface area contributed by atoms with Crippen LogP contribution in [0.4, 0.5) is 0 Å². The summed E-state index contributed by atoms with van der Waals surface area (Å²) in [5, 5.41) is 20.2. The zero-order chi connectivity index (χ0) is 19.8. The lowest BCUT2D eigenvalue weighted by atomic mass is 9.61. The summed E-state index contributed by atoms with van der Waals surface area (Å²) in [5.41, 5.74) is -0.833. The lowest BCUT2D eigenvalue weighted by Gasteiger charge is -2.45. The molecule has 1 aliphatic carbocycles. The van der Waals surface area contributed by atoms with Crippen LogP contribution in [0.15, 0.2) is 22.8 Å². The van der Waals surface area contributed by atoms with Gasteiger partial charge in [-0.3, -0.25) is 4.79 Å². The molecule has 0 amide bonds. The van der Waals surface area contributed by atoms with Gasteiger partial charge in [0.1, 0.15) is 11.9 Å². The maximum absolute atomic E-state index is 12.8. The number of carbonyl (C=O) groups excluding carboxylic acids is 3. The van der Waals surface area contributed by atoms with Gasteiger partial charge in [-0.05, 0) is 40.0 Å². The van der Waals surface area contributed by atoms with Gasteiger partial charge in [-0.25, -0.2) is 9.59 Å². The Labute approximate surface area is 152 Å². The smallest absolute Gasteiger partial charge is 0.340 e. The van der Waals surface area contributed by atoms with E-state index in [1.165, 1.54) is 6.92 Å². The quantitative estimate of drug-likeness (QED) is 0.572. The number of ketones is 1. The molecule has 0 aromatic heterocycles. The fourth-order valence-corrected chi connectivity index (χ4v) is 3.50. The molecular weight excluding hydrogens is 340 g/mol. The number of hydrogen-bond acceptors (Lipinski definition) is 7. The molecule has 1 heterocycles. The number of hydrogen-bond donors (Lipinski definition) is 2. The average Bonchev–Trinajstić information content (AvgIpc) is 2.85. The molecule has 0 bridgehead atoms. The fourth-order valence-electron chi connectivity index (χ4n) is 3.50. The van der Waals surface area contributed by atoms with Gasteiger partial charge in [0.25, 0.3) is 0 Å². The van der Waals surface area contributed by atoms with E-state index >= 15 is 0 Å².